The molecule has 1 aliphatic carbocycles. The van der Waals surface area contributed by atoms with E-state index < -0.39 is 29.3 Å². The van der Waals surface area contributed by atoms with Crippen LogP contribution in [0.3, 0.4) is 0 Å². The highest BCUT2D eigenvalue weighted by molar-refractivity contribution is 5.93. The number of benzene rings is 1. The number of amides is 3. The van der Waals surface area contributed by atoms with Crippen molar-refractivity contribution in [2.45, 2.75) is 111 Å². The van der Waals surface area contributed by atoms with Gasteiger partial charge in [-0.15, -0.1) is 0 Å². The van der Waals surface area contributed by atoms with E-state index in [2.05, 4.69) is 10.6 Å². The fraction of sp³-hybridized carbons (Fsp3) is 0.667. The Bertz CT molecular complexity index is 887. The standard InChI is InChI=1S/C27H43N3O4/c1-16(2)21(28-25(33)34-27(8,9)10)24(32)30(20-11-12-20)22(23(31)29-26(5,6)7)19-14-17(3)13-18(4)15-19/h13-16,20-22H,11-12H2,1-10H3,(H,28,33)(H,29,31). The number of aryl methyl sites for hydroxylation is 2. The third-order valence-corrected chi connectivity index (χ3v) is 5.38. The molecule has 190 valence electrons. The summed E-state index contributed by atoms with van der Waals surface area (Å²) in [7, 11) is 0. The molecule has 1 aliphatic rings. The molecule has 1 saturated carbocycles. The van der Waals surface area contributed by atoms with Crippen molar-refractivity contribution in [3.8, 4) is 0 Å². The molecule has 0 heterocycles. The number of ether oxygens (including phenoxy) is 1. The molecule has 0 radical (unpaired) electrons. The number of rotatable bonds is 7. The Labute approximate surface area is 205 Å². The number of carbonyl (C=O) groups is 3. The van der Waals surface area contributed by atoms with E-state index in [1.807, 2.05) is 66.7 Å². The summed E-state index contributed by atoms with van der Waals surface area (Å²) in [4.78, 5) is 41.9. The zero-order valence-electron chi connectivity index (χ0n) is 22.5. The zero-order valence-corrected chi connectivity index (χ0v) is 22.5. The third kappa shape index (κ3) is 8.03. The molecule has 7 heteroatoms. The Morgan fingerprint density at radius 3 is 1.91 bits per heavy atom. The molecule has 34 heavy (non-hydrogen) atoms. The van der Waals surface area contributed by atoms with Gasteiger partial charge in [0, 0.05) is 11.6 Å². The summed E-state index contributed by atoms with van der Waals surface area (Å²) in [5.74, 6) is -0.680. The van der Waals surface area contributed by atoms with Gasteiger partial charge in [-0.3, -0.25) is 9.59 Å². The van der Waals surface area contributed by atoms with E-state index in [0.29, 0.717) is 0 Å². The third-order valence-electron chi connectivity index (χ3n) is 5.38. The summed E-state index contributed by atoms with van der Waals surface area (Å²) >= 11 is 0. The Morgan fingerprint density at radius 1 is 0.971 bits per heavy atom. The summed E-state index contributed by atoms with van der Waals surface area (Å²) in [6, 6.07) is 4.33. The van der Waals surface area contributed by atoms with E-state index in [1.165, 1.54) is 0 Å². The minimum atomic E-state index is -0.814. The van der Waals surface area contributed by atoms with Crippen LogP contribution in [-0.4, -0.2) is 46.0 Å². The van der Waals surface area contributed by atoms with Crippen LogP contribution in [0.1, 0.15) is 91.0 Å². The SMILES string of the molecule is Cc1cc(C)cc(C(C(=O)NC(C)(C)C)N(C(=O)C(NC(=O)OC(C)(C)C)C(C)C)C2CC2)c1. The predicted molar refractivity (Wildman–Crippen MR) is 134 cm³/mol. The van der Waals surface area contributed by atoms with Gasteiger partial charge in [0.05, 0.1) is 0 Å². The number of nitrogens with one attached hydrogen (secondary N) is 2. The van der Waals surface area contributed by atoms with Crippen LogP contribution in [0.5, 0.6) is 0 Å². The van der Waals surface area contributed by atoms with Crippen molar-refractivity contribution < 1.29 is 19.1 Å². The van der Waals surface area contributed by atoms with Gasteiger partial charge in [-0.1, -0.05) is 43.2 Å². The summed E-state index contributed by atoms with van der Waals surface area (Å²) in [6.45, 7) is 18.8. The van der Waals surface area contributed by atoms with Crippen molar-refractivity contribution in [2.24, 2.45) is 5.92 Å². The van der Waals surface area contributed by atoms with E-state index in [1.54, 1.807) is 25.7 Å². The highest BCUT2D eigenvalue weighted by Gasteiger charge is 2.45. The molecule has 1 aromatic rings. The zero-order chi connectivity index (χ0) is 26.0. The van der Waals surface area contributed by atoms with Gasteiger partial charge in [0.15, 0.2) is 0 Å². The summed E-state index contributed by atoms with van der Waals surface area (Å²) < 4.78 is 5.41. The minimum absolute atomic E-state index is 0.0503. The van der Waals surface area contributed by atoms with Crippen molar-refractivity contribution in [2.75, 3.05) is 0 Å². The lowest BCUT2D eigenvalue weighted by Crippen LogP contribution is -2.56. The molecule has 2 N–H and O–H groups in total. The van der Waals surface area contributed by atoms with Crippen molar-refractivity contribution in [3.63, 3.8) is 0 Å². The molecule has 0 bridgehead atoms. The van der Waals surface area contributed by atoms with Gasteiger partial charge in [0.25, 0.3) is 0 Å². The van der Waals surface area contributed by atoms with E-state index in [-0.39, 0.29) is 23.8 Å². The lowest BCUT2D eigenvalue weighted by atomic mass is 9.95. The molecule has 2 atom stereocenters. The highest BCUT2D eigenvalue weighted by Crippen LogP contribution is 2.37. The topological polar surface area (TPSA) is 87.7 Å². The summed E-state index contributed by atoms with van der Waals surface area (Å²) in [5.41, 5.74) is 1.69. The Hall–Kier alpha value is -2.57. The molecule has 0 saturated heterocycles. The Morgan fingerprint density at radius 2 is 1.50 bits per heavy atom. The van der Waals surface area contributed by atoms with Gasteiger partial charge < -0.3 is 20.3 Å². The molecule has 0 aliphatic heterocycles. The van der Waals surface area contributed by atoms with Crippen LogP contribution in [0.25, 0.3) is 0 Å². The minimum Gasteiger partial charge on any atom is -0.444 e. The van der Waals surface area contributed by atoms with E-state index in [0.717, 1.165) is 29.5 Å². The average Bonchev–Trinajstić information content (AvgIpc) is 3.44. The molecule has 0 aromatic heterocycles. The molecule has 1 fully saturated rings. The van der Waals surface area contributed by atoms with Gasteiger partial charge >= 0.3 is 6.09 Å². The smallest absolute Gasteiger partial charge is 0.408 e. The number of hydrogen-bond donors (Lipinski definition) is 2. The van der Waals surface area contributed by atoms with E-state index in [4.69, 9.17) is 4.74 Å². The highest BCUT2D eigenvalue weighted by atomic mass is 16.6. The van der Waals surface area contributed by atoms with Gasteiger partial charge in [-0.2, -0.15) is 0 Å². The van der Waals surface area contributed by atoms with Crippen molar-refractivity contribution in [1.82, 2.24) is 15.5 Å². The largest absolute Gasteiger partial charge is 0.444 e. The molecule has 7 nitrogen and oxygen atoms in total. The maximum atomic E-state index is 14.0. The number of nitrogens with zero attached hydrogens (tertiary/aromatic N) is 1. The molecular weight excluding hydrogens is 430 g/mol. The molecule has 0 spiro atoms. The van der Waals surface area contributed by atoms with E-state index in [9.17, 15) is 14.4 Å². The molecular formula is C27H43N3O4. The first kappa shape index (κ1) is 27.7. The van der Waals surface area contributed by atoms with Crippen LogP contribution >= 0.6 is 0 Å². The maximum Gasteiger partial charge on any atom is 0.408 e. The van der Waals surface area contributed by atoms with Gasteiger partial charge in [-0.05, 0) is 79.7 Å². The number of carbonyl (C=O) groups excluding carboxylic acids is 3. The van der Waals surface area contributed by atoms with Crippen molar-refractivity contribution in [3.05, 3.63) is 34.9 Å². The van der Waals surface area contributed by atoms with Crippen LogP contribution < -0.4 is 10.6 Å². The van der Waals surface area contributed by atoms with Gasteiger partial charge in [0.2, 0.25) is 11.8 Å². The van der Waals surface area contributed by atoms with Gasteiger partial charge in [0.1, 0.15) is 17.7 Å². The fourth-order valence-electron chi connectivity index (χ4n) is 4.02. The maximum absolute atomic E-state index is 14.0. The first-order valence-corrected chi connectivity index (χ1v) is 12.2. The molecule has 2 rings (SSSR count). The Kier molecular flexibility index (Phi) is 8.43. The number of alkyl carbamates (subject to hydrolysis) is 1. The fourth-order valence-corrected chi connectivity index (χ4v) is 4.02. The summed E-state index contributed by atoms with van der Waals surface area (Å²) in [6.07, 6.45) is 1.01. The van der Waals surface area contributed by atoms with Crippen LogP contribution in [0.15, 0.2) is 18.2 Å². The monoisotopic (exact) mass is 473 g/mol. The first-order chi connectivity index (χ1) is 15.5. The molecule has 3 amide bonds. The van der Waals surface area contributed by atoms with E-state index >= 15 is 0 Å². The van der Waals surface area contributed by atoms with Crippen LogP contribution in [0.2, 0.25) is 0 Å². The second-order valence-corrected chi connectivity index (χ2v) is 11.9. The predicted octanol–water partition coefficient (Wildman–Crippen LogP) is 4.80. The number of hydrogen-bond acceptors (Lipinski definition) is 4. The molecule has 2 unspecified atom stereocenters. The normalized spacial score (nSPS) is 16.0. The average molecular weight is 474 g/mol. The van der Waals surface area contributed by atoms with Crippen LogP contribution in [-0.2, 0) is 14.3 Å². The van der Waals surface area contributed by atoms with Gasteiger partial charge in [-0.25, -0.2) is 4.79 Å². The second-order valence-electron chi connectivity index (χ2n) is 11.9. The lowest BCUT2D eigenvalue weighted by Gasteiger charge is -2.37. The lowest BCUT2D eigenvalue weighted by molar-refractivity contribution is -0.144. The Balaban J connectivity index is 2.50. The van der Waals surface area contributed by atoms with Crippen LogP contribution in [0, 0.1) is 19.8 Å². The second kappa shape index (κ2) is 10.4. The van der Waals surface area contributed by atoms with Crippen molar-refractivity contribution in [1.29, 1.82) is 0 Å². The first-order valence-electron chi connectivity index (χ1n) is 12.2. The quantitative estimate of drug-likeness (QED) is 0.595. The van der Waals surface area contributed by atoms with Crippen molar-refractivity contribution >= 4 is 17.9 Å². The molecule has 1 aromatic carbocycles. The summed E-state index contributed by atoms with van der Waals surface area (Å²) in [5, 5.41) is 5.84. The van der Waals surface area contributed by atoms with Crippen LogP contribution in [0.4, 0.5) is 4.79 Å².